The SMILES string of the molecule is CCN1CCN(C(=O)c2ccc(Nc3cc(C)c(Cl)cc3OC)cn2)CC1. The molecule has 0 bridgehead atoms. The zero-order valence-electron chi connectivity index (χ0n) is 16.0. The largest absolute Gasteiger partial charge is 0.495 e. The number of carbonyl (C=O) groups excluding carboxylic acids is 1. The van der Waals surface area contributed by atoms with Crippen molar-refractivity contribution in [3.8, 4) is 5.75 Å². The first-order valence-electron chi connectivity index (χ1n) is 9.10. The first kappa shape index (κ1) is 19.5. The summed E-state index contributed by atoms with van der Waals surface area (Å²) in [5.41, 5.74) is 2.99. The summed E-state index contributed by atoms with van der Waals surface area (Å²) in [6, 6.07) is 7.31. The van der Waals surface area contributed by atoms with Crippen LogP contribution in [0.25, 0.3) is 0 Å². The number of ether oxygens (including phenoxy) is 1. The van der Waals surface area contributed by atoms with Gasteiger partial charge in [-0.25, -0.2) is 4.98 Å². The van der Waals surface area contributed by atoms with E-state index in [1.807, 2.05) is 24.0 Å². The fraction of sp³-hybridized carbons (Fsp3) is 0.400. The Morgan fingerprint density at radius 2 is 2.00 bits per heavy atom. The van der Waals surface area contributed by atoms with Crippen LogP contribution in [0.3, 0.4) is 0 Å². The van der Waals surface area contributed by atoms with Crippen LogP contribution in [-0.4, -0.2) is 60.5 Å². The summed E-state index contributed by atoms with van der Waals surface area (Å²) in [7, 11) is 1.60. The topological polar surface area (TPSA) is 57.7 Å². The maximum Gasteiger partial charge on any atom is 0.272 e. The van der Waals surface area contributed by atoms with Crippen molar-refractivity contribution < 1.29 is 9.53 Å². The van der Waals surface area contributed by atoms with Gasteiger partial charge in [0.05, 0.1) is 24.7 Å². The summed E-state index contributed by atoms with van der Waals surface area (Å²) in [6.07, 6.45) is 1.67. The van der Waals surface area contributed by atoms with Gasteiger partial charge in [0.15, 0.2) is 0 Å². The molecule has 1 aliphatic rings. The fourth-order valence-electron chi connectivity index (χ4n) is 3.11. The van der Waals surface area contributed by atoms with Crippen LogP contribution in [0.5, 0.6) is 5.75 Å². The van der Waals surface area contributed by atoms with E-state index in [0.717, 1.165) is 49.7 Å². The highest BCUT2D eigenvalue weighted by Crippen LogP contribution is 2.32. The van der Waals surface area contributed by atoms with E-state index in [2.05, 4.69) is 22.1 Å². The van der Waals surface area contributed by atoms with Crippen molar-refractivity contribution >= 4 is 28.9 Å². The molecule has 3 rings (SSSR count). The minimum atomic E-state index is -0.0165. The number of carbonyl (C=O) groups is 1. The molecule has 0 aliphatic carbocycles. The predicted octanol–water partition coefficient (Wildman–Crippen LogP) is 3.57. The zero-order valence-corrected chi connectivity index (χ0v) is 16.7. The molecule has 7 heteroatoms. The average Bonchev–Trinajstić information content (AvgIpc) is 2.70. The maximum absolute atomic E-state index is 12.6. The fourth-order valence-corrected chi connectivity index (χ4v) is 3.26. The number of nitrogens with one attached hydrogen (secondary N) is 1. The Balaban J connectivity index is 1.69. The molecule has 144 valence electrons. The lowest BCUT2D eigenvalue weighted by Crippen LogP contribution is -2.48. The molecule has 0 saturated carbocycles. The number of pyridine rings is 1. The van der Waals surface area contributed by atoms with Gasteiger partial charge in [0.2, 0.25) is 0 Å². The molecule has 2 heterocycles. The standard InChI is InChI=1S/C20H25ClN4O2/c1-4-24-7-9-25(10-8-24)20(26)17-6-5-15(13-22-17)23-18-11-14(2)16(21)12-19(18)27-3/h5-6,11-13,23H,4,7-10H2,1-3H3. The third kappa shape index (κ3) is 4.51. The molecule has 0 radical (unpaired) electrons. The van der Waals surface area contributed by atoms with E-state index < -0.39 is 0 Å². The summed E-state index contributed by atoms with van der Waals surface area (Å²) in [5.74, 6) is 0.636. The Morgan fingerprint density at radius 1 is 1.26 bits per heavy atom. The van der Waals surface area contributed by atoms with Crippen LogP contribution in [0, 0.1) is 6.92 Å². The normalized spacial score (nSPS) is 14.9. The van der Waals surface area contributed by atoms with Crippen molar-refractivity contribution in [3.05, 3.63) is 46.7 Å². The molecule has 1 aromatic heterocycles. The summed E-state index contributed by atoms with van der Waals surface area (Å²) < 4.78 is 5.38. The predicted molar refractivity (Wildman–Crippen MR) is 108 cm³/mol. The number of aryl methyl sites for hydroxylation is 1. The van der Waals surface area contributed by atoms with Crippen LogP contribution < -0.4 is 10.1 Å². The van der Waals surface area contributed by atoms with Gasteiger partial charge in [-0.05, 0) is 37.2 Å². The number of methoxy groups -OCH3 is 1. The molecule has 1 aromatic carbocycles. The van der Waals surface area contributed by atoms with Gasteiger partial charge in [-0.15, -0.1) is 0 Å². The quantitative estimate of drug-likeness (QED) is 0.848. The summed E-state index contributed by atoms with van der Waals surface area (Å²) in [6.45, 7) is 8.42. The van der Waals surface area contributed by atoms with E-state index in [1.54, 1.807) is 25.4 Å². The number of rotatable bonds is 5. The minimum absolute atomic E-state index is 0.0165. The molecule has 1 saturated heterocycles. The zero-order chi connectivity index (χ0) is 19.4. The summed E-state index contributed by atoms with van der Waals surface area (Å²) in [4.78, 5) is 21.2. The van der Waals surface area contributed by atoms with Crippen LogP contribution >= 0.6 is 11.6 Å². The molecule has 0 unspecified atom stereocenters. The summed E-state index contributed by atoms with van der Waals surface area (Å²) >= 11 is 6.15. The van der Waals surface area contributed by atoms with E-state index in [0.29, 0.717) is 16.5 Å². The van der Waals surface area contributed by atoms with E-state index in [1.165, 1.54) is 0 Å². The molecule has 0 spiro atoms. The molecule has 27 heavy (non-hydrogen) atoms. The van der Waals surface area contributed by atoms with Gasteiger partial charge >= 0.3 is 0 Å². The van der Waals surface area contributed by atoms with Crippen molar-refractivity contribution in [2.45, 2.75) is 13.8 Å². The lowest BCUT2D eigenvalue weighted by molar-refractivity contribution is 0.0637. The monoisotopic (exact) mass is 388 g/mol. The molecular formula is C20H25ClN4O2. The number of benzene rings is 1. The second-order valence-corrected chi connectivity index (χ2v) is 6.99. The van der Waals surface area contributed by atoms with Crippen molar-refractivity contribution in [2.24, 2.45) is 0 Å². The highest BCUT2D eigenvalue weighted by atomic mass is 35.5. The lowest BCUT2D eigenvalue weighted by atomic mass is 10.2. The molecule has 1 N–H and O–H groups in total. The van der Waals surface area contributed by atoms with Gasteiger partial charge in [-0.2, -0.15) is 0 Å². The number of hydrogen-bond donors (Lipinski definition) is 1. The number of amides is 1. The van der Waals surface area contributed by atoms with Crippen LogP contribution in [0.1, 0.15) is 23.0 Å². The van der Waals surface area contributed by atoms with Crippen LogP contribution in [-0.2, 0) is 0 Å². The molecular weight excluding hydrogens is 364 g/mol. The average molecular weight is 389 g/mol. The maximum atomic E-state index is 12.6. The Hall–Kier alpha value is -2.31. The van der Waals surface area contributed by atoms with Crippen LogP contribution in [0.4, 0.5) is 11.4 Å². The Kier molecular flexibility index (Phi) is 6.19. The molecule has 1 amide bonds. The van der Waals surface area contributed by atoms with E-state index in [4.69, 9.17) is 16.3 Å². The van der Waals surface area contributed by atoms with E-state index in [9.17, 15) is 4.79 Å². The molecule has 6 nitrogen and oxygen atoms in total. The Labute approximate surface area is 165 Å². The van der Waals surface area contributed by atoms with Crippen molar-refractivity contribution in [2.75, 3.05) is 45.2 Å². The number of halogens is 1. The van der Waals surface area contributed by atoms with Gasteiger partial charge in [0.1, 0.15) is 11.4 Å². The van der Waals surface area contributed by atoms with Crippen molar-refractivity contribution in [1.29, 1.82) is 0 Å². The minimum Gasteiger partial charge on any atom is -0.495 e. The van der Waals surface area contributed by atoms with E-state index >= 15 is 0 Å². The molecule has 2 aromatic rings. The summed E-state index contributed by atoms with van der Waals surface area (Å²) in [5, 5.41) is 3.93. The third-order valence-corrected chi connectivity index (χ3v) is 5.26. The number of anilines is 2. The number of piperazine rings is 1. The molecule has 1 fully saturated rings. The Morgan fingerprint density at radius 3 is 2.59 bits per heavy atom. The second kappa shape index (κ2) is 8.59. The molecule has 1 aliphatic heterocycles. The van der Waals surface area contributed by atoms with Gasteiger partial charge in [-0.3, -0.25) is 4.79 Å². The van der Waals surface area contributed by atoms with E-state index in [-0.39, 0.29) is 5.91 Å². The first-order chi connectivity index (χ1) is 13.0. The van der Waals surface area contributed by atoms with Gasteiger partial charge < -0.3 is 19.9 Å². The molecule has 0 atom stereocenters. The van der Waals surface area contributed by atoms with Gasteiger partial charge in [0.25, 0.3) is 5.91 Å². The smallest absolute Gasteiger partial charge is 0.272 e. The number of aromatic nitrogens is 1. The third-order valence-electron chi connectivity index (χ3n) is 4.85. The number of likely N-dealkylation sites (N-methyl/N-ethyl adjacent to an activating group) is 1. The first-order valence-corrected chi connectivity index (χ1v) is 9.48. The highest BCUT2D eigenvalue weighted by Gasteiger charge is 2.22. The Bertz CT molecular complexity index is 802. The number of hydrogen-bond acceptors (Lipinski definition) is 5. The van der Waals surface area contributed by atoms with Crippen LogP contribution in [0.2, 0.25) is 5.02 Å². The number of nitrogens with zero attached hydrogens (tertiary/aromatic N) is 3. The second-order valence-electron chi connectivity index (χ2n) is 6.59. The van der Waals surface area contributed by atoms with Gasteiger partial charge in [-0.1, -0.05) is 18.5 Å². The van der Waals surface area contributed by atoms with Crippen molar-refractivity contribution in [3.63, 3.8) is 0 Å². The highest BCUT2D eigenvalue weighted by molar-refractivity contribution is 6.31. The lowest BCUT2D eigenvalue weighted by Gasteiger charge is -2.33. The van der Waals surface area contributed by atoms with Crippen molar-refractivity contribution in [1.82, 2.24) is 14.8 Å². The van der Waals surface area contributed by atoms with Gasteiger partial charge in [0, 0.05) is 37.3 Å². The van der Waals surface area contributed by atoms with Crippen LogP contribution in [0.15, 0.2) is 30.5 Å².